The average Bonchev–Trinajstić information content (AvgIpc) is 2.53. The maximum Gasteiger partial charge on any atom is 0.407 e. The molecule has 1 saturated heterocycles. The Bertz CT molecular complexity index is 690. The van der Waals surface area contributed by atoms with Gasteiger partial charge in [0.2, 0.25) is 0 Å². The van der Waals surface area contributed by atoms with Crippen LogP contribution in [0.25, 0.3) is 0 Å². The van der Waals surface area contributed by atoms with Crippen molar-refractivity contribution in [2.75, 3.05) is 31.1 Å². The summed E-state index contributed by atoms with van der Waals surface area (Å²) in [5.74, 6) is -1.03. The molecule has 2 N–H and O–H groups in total. The molecule has 0 bridgehead atoms. The number of aliphatic hydroxyl groups is 1. The van der Waals surface area contributed by atoms with E-state index in [2.05, 4.69) is 0 Å². The van der Waals surface area contributed by atoms with Crippen LogP contribution in [0, 0.1) is 27.3 Å². The smallest absolute Gasteiger partial charge is 0.407 e. The van der Waals surface area contributed by atoms with Gasteiger partial charge in [0.15, 0.2) is 11.4 Å². The zero-order valence-electron chi connectivity index (χ0n) is 11.8. The Kier molecular flexibility index (Phi) is 4.61. The molecule has 1 aliphatic heterocycles. The Morgan fingerprint density at radius 2 is 2.22 bits per heavy atom. The highest BCUT2D eigenvalue weighted by atomic mass is 19.1. The van der Waals surface area contributed by atoms with E-state index in [0.29, 0.717) is 0 Å². The van der Waals surface area contributed by atoms with Crippen molar-refractivity contribution in [3.63, 3.8) is 0 Å². The standard InChI is InChI=1S/C13H13FN4O5/c14-12-9(5-15)10(18(22)23)1-2-11(12)16-3-4-17(13(20)21)8(6-16)7-19/h1-2,8,19H,3-4,6-7H2,(H,20,21)/t8-/m0/s1. The predicted octanol–water partition coefficient (Wildman–Crippen LogP) is 0.766. The normalized spacial score (nSPS) is 17.7. The van der Waals surface area contributed by atoms with Crippen LogP contribution in [0.2, 0.25) is 0 Å². The van der Waals surface area contributed by atoms with Crippen molar-refractivity contribution >= 4 is 17.5 Å². The lowest BCUT2D eigenvalue weighted by molar-refractivity contribution is -0.385. The largest absolute Gasteiger partial charge is 0.465 e. The van der Waals surface area contributed by atoms with Gasteiger partial charge in [-0.05, 0) is 6.07 Å². The number of piperazine rings is 1. The molecule has 0 saturated carbocycles. The van der Waals surface area contributed by atoms with Gasteiger partial charge < -0.3 is 15.1 Å². The topological polar surface area (TPSA) is 131 Å². The van der Waals surface area contributed by atoms with Crippen molar-refractivity contribution in [3.8, 4) is 6.07 Å². The molecular weight excluding hydrogens is 311 g/mol. The van der Waals surface area contributed by atoms with Crippen LogP contribution in [0.4, 0.5) is 20.6 Å². The minimum absolute atomic E-state index is 0.0163. The van der Waals surface area contributed by atoms with Crippen LogP contribution < -0.4 is 4.90 Å². The molecule has 0 aliphatic carbocycles. The van der Waals surface area contributed by atoms with E-state index in [1.807, 2.05) is 0 Å². The first-order valence-corrected chi connectivity index (χ1v) is 6.63. The van der Waals surface area contributed by atoms with Crippen LogP contribution in [0.15, 0.2) is 12.1 Å². The van der Waals surface area contributed by atoms with Gasteiger partial charge in [0.25, 0.3) is 5.69 Å². The van der Waals surface area contributed by atoms with Crippen molar-refractivity contribution < 1.29 is 24.3 Å². The second kappa shape index (κ2) is 6.45. The van der Waals surface area contributed by atoms with Crippen LogP contribution in [0.1, 0.15) is 5.56 Å². The maximum absolute atomic E-state index is 14.4. The molecule has 1 aromatic carbocycles. The molecule has 10 heteroatoms. The first kappa shape index (κ1) is 16.4. The van der Waals surface area contributed by atoms with Gasteiger partial charge in [-0.15, -0.1) is 0 Å². The fourth-order valence-electron chi connectivity index (χ4n) is 2.54. The van der Waals surface area contributed by atoms with Gasteiger partial charge in [-0.2, -0.15) is 5.26 Å². The molecule has 9 nitrogen and oxygen atoms in total. The SMILES string of the molecule is N#Cc1c([N+](=O)[O-])ccc(N2CCN(C(=O)O)[C@H](CO)C2)c1F. The minimum atomic E-state index is -1.19. The molecule has 122 valence electrons. The molecule has 1 aromatic rings. The number of nitro benzene ring substituents is 1. The minimum Gasteiger partial charge on any atom is -0.465 e. The molecule has 1 aliphatic rings. The van der Waals surface area contributed by atoms with Crippen LogP contribution in [-0.2, 0) is 0 Å². The molecule has 1 amide bonds. The summed E-state index contributed by atoms with van der Waals surface area (Å²) in [4.78, 5) is 23.5. The van der Waals surface area contributed by atoms with Crippen molar-refractivity contribution in [2.45, 2.75) is 6.04 Å². The maximum atomic E-state index is 14.4. The van der Waals surface area contributed by atoms with Crippen molar-refractivity contribution in [1.29, 1.82) is 5.26 Å². The van der Waals surface area contributed by atoms with Gasteiger partial charge in [0.05, 0.1) is 23.3 Å². The Balaban J connectivity index is 2.35. The third kappa shape index (κ3) is 3.00. The Hall–Kier alpha value is -2.93. The summed E-state index contributed by atoms with van der Waals surface area (Å²) in [5, 5.41) is 38.1. The number of hydrogen-bond acceptors (Lipinski definition) is 6. The number of anilines is 1. The van der Waals surface area contributed by atoms with Gasteiger partial charge in [-0.1, -0.05) is 0 Å². The van der Waals surface area contributed by atoms with Crippen LogP contribution in [-0.4, -0.2) is 58.4 Å². The molecule has 1 heterocycles. The number of carboxylic acid groups (broad SMARTS) is 1. The molecule has 1 atom stereocenters. The molecule has 1 fully saturated rings. The van der Waals surface area contributed by atoms with Gasteiger partial charge in [-0.25, -0.2) is 9.18 Å². The zero-order valence-corrected chi connectivity index (χ0v) is 11.8. The summed E-state index contributed by atoms with van der Waals surface area (Å²) < 4.78 is 14.4. The Labute approximate surface area is 129 Å². The number of nitrogens with zero attached hydrogens (tertiary/aromatic N) is 4. The van der Waals surface area contributed by atoms with Gasteiger partial charge in [-0.3, -0.25) is 15.0 Å². The first-order valence-electron chi connectivity index (χ1n) is 6.63. The number of nitriles is 1. The third-order valence-corrected chi connectivity index (χ3v) is 3.69. The summed E-state index contributed by atoms with van der Waals surface area (Å²) in [7, 11) is 0. The summed E-state index contributed by atoms with van der Waals surface area (Å²) >= 11 is 0. The summed E-state index contributed by atoms with van der Waals surface area (Å²) in [6.07, 6.45) is -1.19. The number of halogens is 1. The molecular formula is C13H13FN4O5. The van der Waals surface area contributed by atoms with E-state index in [-0.39, 0.29) is 25.3 Å². The van der Waals surface area contributed by atoms with Gasteiger partial charge in [0.1, 0.15) is 6.07 Å². The van der Waals surface area contributed by atoms with E-state index in [0.717, 1.165) is 11.0 Å². The molecule has 0 spiro atoms. The highest BCUT2D eigenvalue weighted by Crippen LogP contribution is 2.30. The highest BCUT2D eigenvalue weighted by Gasteiger charge is 2.32. The number of rotatable bonds is 3. The third-order valence-electron chi connectivity index (χ3n) is 3.69. The number of aliphatic hydroxyl groups excluding tert-OH is 1. The van der Waals surface area contributed by atoms with Crippen molar-refractivity contribution in [1.82, 2.24) is 4.90 Å². The van der Waals surface area contributed by atoms with E-state index >= 15 is 0 Å². The van der Waals surface area contributed by atoms with E-state index < -0.39 is 40.7 Å². The molecule has 23 heavy (non-hydrogen) atoms. The fraction of sp³-hybridized carbons (Fsp3) is 0.385. The Morgan fingerprint density at radius 3 is 2.74 bits per heavy atom. The summed E-state index contributed by atoms with van der Waals surface area (Å²) in [5.41, 5.74) is -1.33. The fourth-order valence-corrected chi connectivity index (χ4v) is 2.54. The first-order chi connectivity index (χ1) is 10.9. The van der Waals surface area contributed by atoms with Gasteiger partial charge in [0, 0.05) is 25.7 Å². The zero-order chi connectivity index (χ0) is 17.1. The van der Waals surface area contributed by atoms with E-state index in [9.17, 15) is 24.4 Å². The molecule has 0 aromatic heterocycles. The predicted molar refractivity (Wildman–Crippen MR) is 75.6 cm³/mol. The second-order valence-electron chi connectivity index (χ2n) is 4.92. The number of benzene rings is 1. The number of hydrogen-bond donors (Lipinski definition) is 2. The van der Waals surface area contributed by atoms with Crippen molar-refractivity contribution in [3.05, 3.63) is 33.6 Å². The monoisotopic (exact) mass is 324 g/mol. The summed E-state index contributed by atoms with van der Waals surface area (Å²) in [6, 6.07) is 2.95. The van der Waals surface area contributed by atoms with E-state index in [1.165, 1.54) is 17.0 Å². The summed E-state index contributed by atoms with van der Waals surface area (Å²) in [6.45, 7) is -0.244. The van der Waals surface area contributed by atoms with E-state index in [1.54, 1.807) is 0 Å². The number of amides is 1. The number of carbonyl (C=O) groups is 1. The molecule has 0 unspecified atom stereocenters. The highest BCUT2D eigenvalue weighted by molar-refractivity contribution is 5.67. The van der Waals surface area contributed by atoms with Crippen LogP contribution >= 0.6 is 0 Å². The van der Waals surface area contributed by atoms with Crippen molar-refractivity contribution in [2.24, 2.45) is 0 Å². The molecule has 0 radical (unpaired) electrons. The lowest BCUT2D eigenvalue weighted by Gasteiger charge is -2.40. The quantitative estimate of drug-likeness (QED) is 0.620. The Morgan fingerprint density at radius 1 is 1.52 bits per heavy atom. The average molecular weight is 324 g/mol. The van der Waals surface area contributed by atoms with Gasteiger partial charge >= 0.3 is 6.09 Å². The van der Waals surface area contributed by atoms with E-state index in [4.69, 9.17) is 10.4 Å². The van der Waals surface area contributed by atoms with Crippen LogP contribution in [0.3, 0.4) is 0 Å². The number of nitro groups is 1. The van der Waals surface area contributed by atoms with Crippen LogP contribution in [0.5, 0.6) is 0 Å². The lowest BCUT2D eigenvalue weighted by Crippen LogP contribution is -2.56. The molecule has 2 rings (SSSR count). The lowest BCUT2D eigenvalue weighted by atomic mass is 10.1. The second-order valence-corrected chi connectivity index (χ2v) is 4.92.